The molecule has 2 aromatic rings. The fourth-order valence-corrected chi connectivity index (χ4v) is 3.34. The van der Waals surface area contributed by atoms with Gasteiger partial charge in [0.2, 0.25) is 5.91 Å². The Kier molecular flexibility index (Phi) is 6.36. The fourth-order valence-electron chi connectivity index (χ4n) is 3.02. The summed E-state index contributed by atoms with van der Waals surface area (Å²) in [7, 11) is 0. The van der Waals surface area contributed by atoms with E-state index >= 15 is 0 Å². The van der Waals surface area contributed by atoms with E-state index < -0.39 is 5.97 Å². The van der Waals surface area contributed by atoms with Crippen molar-refractivity contribution < 1.29 is 14.7 Å². The molecule has 3 rings (SSSR count). The Morgan fingerprint density at radius 1 is 1.07 bits per heavy atom. The van der Waals surface area contributed by atoms with E-state index in [9.17, 15) is 9.59 Å². The summed E-state index contributed by atoms with van der Waals surface area (Å²) >= 11 is 12.0. The predicted octanol–water partition coefficient (Wildman–Crippen LogP) is 2.62. The van der Waals surface area contributed by atoms with Crippen LogP contribution in [0.3, 0.4) is 0 Å². The number of piperazine rings is 1. The van der Waals surface area contributed by atoms with Gasteiger partial charge in [-0.05, 0) is 23.8 Å². The Balaban J connectivity index is 1.44. The van der Waals surface area contributed by atoms with Gasteiger partial charge in [0.05, 0.1) is 10.0 Å². The lowest BCUT2D eigenvalue weighted by atomic mass is 10.2. The standard InChI is InChI=1S/C18H20Cl2N4O3/c19-14-2-1-13(11-15(14)20)12-22-7-9-23(10-8-22)17(25)4-6-24-5-3-16(21-24)18(26)27/h1-3,5,11H,4,6-10,12H2,(H,26,27). The fraction of sp³-hybridized carbons (Fsp3) is 0.389. The predicted molar refractivity (Wildman–Crippen MR) is 102 cm³/mol. The number of halogens is 2. The van der Waals surface area contributed by atoms with Crippen molar-refractivity contribution in [1.82, 2.24) is 19.6 Å². The first-order valence-corrected chi connectivity index (χ1v) is 9.39. The third-order valence-corrected chi connectivity index (χ3v) is 5.27. The summed E-state index contributed by atoms with van der Waals surface area (Å²) in [6.45, 7) is 4.05. The van der Waals surface area contributed by atoms with Gasteiger partial charge >= 0.3 is 5.97 Å². The molecule has 0 bridgehead atoms. The van der Waals surface area contributed by atoms with Gasteiger partial charge in [0.15, 0.2) is 5.69 Å². The van der Waals surface area contributed by atoms with E-state index in [0.29, 0.717) is 36.1 Å². The maximum absolute atomic E-state index is 12.4. The molecule has 9 heteroatoms. The summed E-state index contributed by atoms with van der Waals surface area (Å²) in [5.41, 5.74) is 1.08. The van der Waals surface area contributed by atoms with E-state index in [1.165, 1.54) is 10.7 Å². The van der Waals surface area contributed by atoms with Crippen molar-refractivity contribution in [3.05, 3.63) is 51.8 Å². The van der Waals surface area contributed by atoms with Gasteiger partial charge in [-0.15, -0.1) is 0 Å². The molecule has 0 spiro atoms. The van der Waals surface area contributed by atoms with Crippen LogP contribution in [-0.2, 0) is 17.9 Å². The van der Waals surface area contributed by atoms with Crippen LogP contribution in [0.4, 0.5) is 0 Å². The molecule has 27 heavy (non-hydrogen) atoms. The maximum Gasteiger partial charge on any atom is 0.356 e. The molecule has 1 fully saturated rings. The molecular weight excluding hydrogens is 391 g/mol. The number of nitrogens with zero attached hydrogens (tertiary/aromatic N) is 4. The number of carboxylic acids is 1. The Hall–Kier alpha value is -2.09. The van der Waals surface area contributed by atoms with Crippen LogP contribution in [0, 0.1) is 0 Å². The Morgan fingerprint density at radius 3 is 2.44 bits per heavy atom. The molecule has 1 aromatic carbocycles. The molecule has 0 radical (unpaired) electrons. The van der Waals surface area contributed by atoms with Crippen LogP contribution >= 0.6 is 23.2 Å². The van der Waals surface area contributed by atoms with Gasteiger partial charge in [0, 0.05) is 51.9 Å². The van der Waals surface area contributed by atoms with Crippen LogP contribution in [0.25, 0.3) is 0 Å². The topological polar surface area (TPSA) is 78.7 Å². The molecule has 1 saturated heterocycles. The number of carboxylic acid groups (broad SMARTS) is 1. The molecule has 1 aliphatic rings. The summed E-state index contributed by atoms with van der Waals surface area (Å²) in [6.07, 6.45) is 1.87. The third-order valence-electron chi connectivity index (χ3n) is 4.53. The van der Waals surface area contributed by atoms with Crippen molar-refractivity contribution in [2.24, 2.45) is 0 Å². The van der Waals surface area contributed by atoms with Crippen molar-refractivity contribution in [3.8, 4) is 0 Å². The summed E-state index contributed by atoms with van der Waals surface area (Å²) in [4.78, 5) is 27.3. The lowest BCUT2D eigenvalue weighted by molar-refractivity contribution is -0.133. The highest BCUT2D eigenvalue weighted by molar-refractivity contribution is 6.42. The zero-order chi connectivity index (χ0) is 19.4. The zero-order valence-corrected chi connectivity index (χ0v) is 16.2. The van der Waals surface area contributed by atoms with E-state index in [-0.39, 0.29) is 11.6 Å². The molecular formula is C18H20Cl2N4O3. The molecule has 1 amide bonds. The van der Waals surface area contributed by atoms with Crippen LogP contribution in [-0.4, -0.2) is 62.7 Å². The third kappa shape index (κ3) is 5.22. The number of aryl methyl sites for hydroxylation is 1. The minimum Gasteiger partial charge on any atom is -0.476 e. The molecule has 1 N–H and O–H groups in total. The van der Waals surface area contributed by atoms with Crippen molar-refractivity contribution in [3.63, 3.8) is 0 Å². The van der Waals surface area contributed by atoms with Crippen molar-refractivity contribution in [1.29, 1.82) is 0 Å². The summed E-state index contributed by atoms with van der Waals surface area (Å²) < 4.78 is 1.49. The number of benzene rings is 1. The SMILES string of the molecule is O=C(O)c1ccn(CCC(=O)N2CCN(Cc3ccc(Cl)c(Cl)c3)CC2)n1. The molecule has 144 valence electrons. The van der Waals surface area contributed by atoms with Gasteiger partial charge in [-0.25, -0.2) is 4.79 Å². The summed E-state index contributed by atoms with van der Waals surface area (Å²) in [6, 6.07) is 7.05. The number of hydrogen-bond acceptors (Lipinski definition) is 4. The number of carbonyl (C=O) groups excluding carboxylic acids is 1. The van der Waals surface area contributed by atoms with E-state index in [0.717, 1.165) is 25.2 Å². The number of rotatable bonds is 6. The Morgan fingerprint density at radius 2 is 1.81 bits per heavy atom. The maximum atomic E-state index is 12.4. The minimum absolute atomic E-state index is 0.0154. The minimum atomic E-state index is -1.07. The Labute approximate surface area is 167 Å². The number of aromatic nitrogens is 2. The summed E-state index contributed by atoms with van der Waals surface area (Å²) in [5, 5.41) is 13.9. The van der Waals surface area contributed by atoms with Crippen LogP contribution in [0.2, 0.25) is 10.0 Å². The molecule has 0 aliphatic carbocycles. The Bertz CT molecular complexity index is 832. The second kappa shape index (κ2) is 8.73. The van der Waals surface area contributed by atoms with Crippen molar-refractivity contribution >= 4 is 35.1 Å². The van der Waals surface area contributed by atoms with Gasteiger partial charge in [-0.2, -0.15) is 5.10 Å². The average Bonchev–Trinajstić information content (AvgIpc) is 3.13. The van der Waals surface area contributed by atoms with E-state index in [2.05, 4.69) is 10.00 Å². The summed E-state index contributed by atoms with van der Waals surface area (Å²) in [5.74, 6) is -1.02. The number of amides is 1. The molecule has 0 saturated carbocycles. The first kappa shape index (κ1) is 19.7. The number of carbonyl (C=O) groups is 2. The molecule has 0 atom stereocenters. The molecule has 1 aromatic heterocycles. The number of aromatic carboxylic acids is 1. The van der Waals surface area contributed by atoms with Gasteiger partial charge in [0.1, 0.15) is 0 Å². The molecule has 2 heterocycles. The first-order chi connectivity index (χ1) is 12.9. The largest absolute Gasteiger partial charge is 0.476 e. The highest BCUT2D eigenvalue weighted by Gasteiger charge is 2.21. The molecule has 7 nitrogen and oxygen atoms in total. The van der Waals surface area contributed by atoms with Gasteiger partial charge < -0.3 is 10.0 Å². The highest BCUT2D eigenvalue weighted by atomic mass is 35.5. The average molecular weight is 411 g/mol. The zero-order valence-electron chi connectivity index (χ0n) is 14.6. The lowest BCUT2D eigenvalue weighted by Crippen LogP contribution is -2.48. The monoisotopic (exact) mass is 410 g/mol. The normalized spacial score (nSPS) is 15.1. The van der Waals surface area contributed by atoms with Crippen molar-refractivity contribution in [2.75, 3.05) is 26.2 Å². The van der Waals surface area contributed by atoms with Crippen LogP contribution < -0.4 is 0 Å². The van der Waals surface area contributed by atoms with E-state index in [1.807, 2.05) is 17.0 Å². The van der Waals surface area contributed by atoms with Crippen LogP contribution in [0.5, 0.6) is 0 Å². The van der Waals surface area contributed by atoms with Gasteiger partial charge in [-0.1, -0.05) is 29.3 Å². The second-order valence-corrected chi connectivity index (χ2v) is 7.24. The van der Waals surface area contributed by atoms with E-state index in [4.69, 9.17) is 28.3 Å². The first-order valence-electron chi connectivity index (χ1n) is 8.63. The van der Waals surface area contributed by atoms with E-state index in [1.54, 1.807) is 12.3 Å². The highest BCUT2D eigenvalue weighted by Crippen LogP contribution is 2.23. The number of hydrogen-bond donors (Lipinski definition) is 1. The van der Waals surface area contributed by atoms with Crippen molar-refractivity contribution in [2.45, 2.75) is 19.5 Å². The molecule has 0 unspecified atom stereocenters. The van der Waals surface area contributed by atoms with Gasteiger partial charge in [-0.3, -0.25) is 14.4 Å². The van der Waals surface area contributed by atoms with Gasteiger partial charge in [0.25, 0.3) is 0 Å². The molecule has 1 aliphatic heterocycles. The van der Waals surface area contributed by atoms with Crippen LogP contribution in [0.1, 0.15) is 22.5 Å². The van der Waals surface area contributed by atoms with Crippen LogP contribution in [0.15, 0.2) is 30.5 Å². The second-order valence-electron chi connectivity index (χ2n) is 6.42. The smallest absolute Gasteiger partial charge is 0.356 e. The lowest BCUT2D eigenvalue weighted by Gasteiger charge is -2.34. The quantitative estimate of drug-likeness (QED) is 0.791.